The first-order valence-electron chi connectivity index (χ1n) is 6.32. The Morgan fingerprint density at radius 3 is 2.45 bits per heavy atom. The predicted octanol–water partition coefficient (Wildman–Crippen LogP) is 1.41. The van der Waals surface area contributed by atoms with Gasteiger partial charge in [-0.05, 0) is 31.0 Å². The topological polar surface area (TPSA) is 86.9 Å². The average molecular weight is 294 g/mol. The average Bonchev–Trinajstić information content (AvgIpc) is 2.89. The summed E-state index contributed by atoms with van der Waals surface area (Å²) in [5.41, 5.74) is 2.83. The van der Waals surface area contributed by atoms with Crippen molar-refractivity contribution in [2.24, 2.45) is 0 Å². The minimum atomic E-state index is -3.45. The third kappa shape index (κ3) is 4.16. The Morgan fingerprint density at radius 2 is 1.90 bits per heavy atom. The van der Waals surface area contributed by atoms with E-state index in [1.807, 2.05) is 30.3 Å². The highest BCUT2D eigenvalue weighted by Gasteiger charge is 2.10. The molecule has 108 valence electrons. The smallest absolute Gasteiger partial charge is 0.277 e. The molecule has 0 aliphatic heterocycles. The standard InChI is InChI=1S/C13H18N4O2S/c1-10(2)17-20(18,19)15-9-11-3-5-12(6-4-11)13-7-8-14-16-13/h3-8,10,15,17H,9H2,1-2H3,(H,14,16). The summed E-state index contributed by atoms with van der Waals surface area (Å²) in [5, 5.41) is 6.77. The van der Waals surface area contributed by atoms with Crippen LogP contribution in [0.2, 0.25) is 0 Å². The summed E-state index contributed by atoms with van der Waals surface area (Å²) in [7, 11) is -3.45. The summed E-state index contributed by atoms with van der Waals surface area (Å²) < 4.78 is 28.2. The van der Waals surface area contributed by atoms with Gasteiger partial charge in [0.05, 0.1) is 5.69 Å². The van der Waals surface area contributed by atoms with Crippen LogP contribution in [0.25, 0.3) is 11.3 Å². The van der Waals surface area contributed by atoms with Crippen LogP contribution in [0.3, 0.4) is 0 Å². The molecule has 7 heteroatoms. The van der Waals surface area contributed by atoms with E-state index < -0.39 is 10.2 Å². The van der Waals surface area contributed by atoms with Gasteiger partial charge in [0, 0.05) is 18.8 Å². The summed E-state index contributed by atoms with van der Waals surface area (Å²) >= 11 is 0. The van der Waals surface area contributed by atoms with Gasteiger partial charge in [-0.1, -0.05) is 24.3 Å². The zero-order valence-corrected chi connectivity index (χ0v) is 12.2. The minimum absolute atomic E-state index is 0.129. The SMILES string of the molecule is CC(C)NS(=O)(=O)NCc1ccc(-c2ccn[nH]2)cc1. The quantitative estimate of drug-likeness (QED) is 0.753. The van der Waals surface area contributed by atoms with Crippen LogP contribution in [-0.2, 0) is 16.8 Å². The van der Waals surface area contributed by atoms with Gasteiger partial charge < -0.3 is 0 Å². The van der Waals surface area contributed by atoms with Crippen molar-refractivity contribution in [2.45, 2.75) is 26.4 Å². The largest absolute Gasteiger partial charge is 0.278 e. The predicted molar refractivity (Wildman–Crippen MR) is 78.1 cm³/mol. The van der Waals surface area contributed by atoms with Gasteiger partial charge in [0.2, 0.25) is 0 Å². The van der Waals surface area contributed by atoms with E-state index in [0.717, 1.165) is 16.8 Å². The minimum Gasteiger partial charge on any atom is -0.278 e. The van der Waals surface area contributed by atoms with Crippen molar-refractivity contribution in [3.05, 3.63) is 42.1 Å². The molecule has 0 saturated heterocycles. The van der Waals surface area contributed by atoms with E-state index in [2.05, 4.69) is 19.6 Å². The van der Waals surface area contributed by atoms with Crippen LogP contribution in [0, 0.1) is 0 Å². The van der Waals surface area contributed by atoms with Crippen LogP contribution in [-0.4, -0.2) is 24.7 Å². The van der Waals surface area contributed by atoms with E-state index in [-0.39, 0.29) is 12.6 Å². The van der Waals surface area contributed by atoms with Gasteiger partial charge in [0.1, 0.15) is 0 Å². The van der Waals surface area contributed by atoms with Gasteiger partial charge >= 0.3 is 0 Å². The van der Waals surface area contributed by atoms with Crippen LogP contribution < -0.4 is 9.44 Å². The molecule has 0 radical (unpaired) electrons. The highest BCUT2D eigenvalue weighted by atomic mass is 32.2. The summed E-state index contributed by atoms with van der Waals surface area (Å²) in [6.45, 7) is 3.81. The zero-order chi connectivity index (χ0) is 14.6. The fourth-order valence-electron chi connectivity index (χ4n) is 1.75. The van der Waals surface area contributed by atoms with Gasteiger partial charge in [0.25, 0.3) is 10.2 Å². The first-order chi connectivity index (χ1) is 9.46. The molecule has 2 rings (SSSR count). The molecule has 3 N–H and O–H groups in total. The van der Waals surface area contributed by atoms with Crippen molar-refractivity contribution in [1.82, 2.24) is 19.6 Å². The van der Waals surface area contributed by atoms with Crippen LogP contribution >= 0.6 is 0 Å². The monoisotopic (exact) mass is 294 g/mol. The third-order valence-corrected chi connectivity index (χ3v) is 3.93. The number of hydrogen-bond donors (Lipinski definition) is 3. The van der Waals surface area contributed by atoms with Crippen molar-refractivity contribution in [1.29, 1.82) is 0 Å². The Balaban J connectivity index is 1.98. The van der Waals surface area contributed by atoms with E-state index in [1.54, 1.807) is 20.0 Å². The molecule has 6 nitrogen and oxygen atoms in total. The molecule has 0 bridgehead atoms. The first-order valence-corrected chi connectivity index (χ1v) is 7.80. The van der Waals surface area contributed by atoms with Gasteiger partial charge in [-0.2, -0.15) is 23.0 Å². The van der Waals surface area contributed by atoms with Gasteiger partial charge in [0.15, 0.2) is 0 Å². The lowest BCUT2D eigenvalue weighted by atomic mass is 10.1. The van der Waals surface area contributed by atoms with Gasteiger partial charge in [-0.15, -0.1) is 0 Å². The van der Waals surface area contributed by atoms with Crippen molar-refractivity contribution < 1.29 is 8.42 Å². The fraction of sp³-hybridized carbons (Fsp3) is 0.308. The maximum Gasteiger partial charge on any atom is 0.277 e. The van der Waals surface area contributed by atoms with Crippen LogP contribution in [0.1, 0.15) is 19.4 Å². The molecule has 1 heterocycles. The van der Waals surface area contributed by atoms with Crippen LogP contribution in [0.4, 0.5) is 0 Å². The van der Waals surface area contributed by atoms with Crippen LogP contribution in [0.15, 0.2) is 36.5 Å². The van der Waals surface area contributed by atoms with Gasteiger partial charge in [-0.25, -0.2) is 0 Å². The molecule has 1 aromatic heterocycles. The Bertz CT molecular complexity index is 634. The molecule has 0 aliphatic carbocycles. The molecule has 0 spiro atoms. The van der Waals surface area contributed by atoms with Crippen molar-refractivity contribution in [2.75, 3.05) is 0 Å². The Morgan fingerprint density at radius 1 is 1.20 bits per heavy atom. The third-order valence-electron chi connectivity index (χ3n) is 2.62. The zero-order valence-electron chi connectivity index (χ0n) is 11.4. The number of nitrogens with one attached hydrogen (secondary N) is 3. The molecule has 0 atom stereocenters. The lowest BCUT2D eigenvalue weighted by Crippen LogP contribution is -2.39. The fourth-order valence-corrected chi connectivity index (χ4v) is 2.81. The number of H-pyrrole nitrogens is 1. The van der Waals surface area contributed by atoms with E-state index in [1.165, 1.54) is 0 Å². The molecule has 20 heavy (non-hydrogen) atoms. The molecule has 2 aromatic rings. The number of nitrogens with zero attached hydrogens (tertiary/aromatic N) is 1. The molecular weight excluding hydrogens is 276 g/mol. The highest BCUT2D eigenvalue weighted by molar-refractivity contribution is 7.87. The van der Waals surface area contributed by atoms with Gasteiger partial charge in [-0.3, -0.25) is 5.10 Å². The maximum absolute atomic E-state index is 11.6. The van der Waals surface area contributed by atoms with Crippen molar-refractivity contribution >= 4 is 10.2 Å². The van der Waals surface area contributed by atoms with E-state index in [0.29, 0.717) is 0 Å². The highest BCUT2D eigenvalue weighted by Crippen LogP contribution is 2.16. The molecule has 1 aromatic carbocycles. The number of aromatic nitrogens is 2. The van der Waals surface area contributed by atoms with Crippen LogP contribution in [0.5, 0.6) is 0 Å². The summed E-state index contributed by atoms with van der Waals surface area (Å²) in [5.74, 6) is 0. The molecule has 0 unspecified atom stereocenters. The second-order valence-corrected chi connectivity index (χ2v) is 6.30. The van der Waals surface area contributed by atoms with E-state index in [9.17, 15) is 8.42 Å². The Hall–Kier alpha value is -1.70. The lowest BCUT2D eigenvalue weighted by molar-refractivity contribution is 0.554. The normalized spacial score (nSPS) is 11.9. The van der Waals surface area contributed by atoms with Crippen molar-refractivity contribution in [3.63, 3.8) is 0 Å². The Labute approximate surface area is 118 Å². The van der Waals surface area contributed by atoms with Crippen molar-refractivity contribution in [3.8, 4) is 11.3 Å². The number of aromatic amines is 1. The molecular formula is C13H18N4O2S. The second-order valence-electron chi connectivity index (χ2n) is 4.76. The molecule has 0 aliphatic rings. The summed E-state index contributed by atoms with van der Waals surface area (Å²) in [6, 6.07) is 9.36. The maximum atomic E-state index is 11.6. The summed E-state index contributed by atoms with van der Waals surface area (Å²) in [4.78, 5) is 0. The second kappa shape index (κ2) is 6.17. The lowest BCUT2D eigenvalue weighted by Gasteiger charge is -2.10. The molecule has 0 saturated carbocycles. The van der Waals surface area contributed by atoms with E-state index >= 15 is 0 Å². The number of hydrogen-bond acceptors (Lipinski definition) is 3. The van der Waals surface area contributed by atoms with E-state index in [4.69, 9.17) is 0 Å². The molecule has 0 fully saturated rings. The molecule has 0 amide bonds. The number of benzene rings is 1. The first kappa shape index (κ1) is 14.7. The number of rotatable bonds is 6. The Kier molecular flexibility index (Phi) is 4.53. The summed E-state index contributed by atoms with van der Waals surface area (Å²) in [6.07, 6.45) is 1.69.